The molecule has 5 heteroatoms. The Balaban J connectivity index is 2.39. The smallest absolute Gasteiger partial charge is 0.254 e. The molecule has 16 heavy (non-hydrogen) atoms. The lowest BCUT2D eigenvalue weighted by atomic mass is 10.2. The fourth-order valence-electron chi connectivity index (χ4n) is 1.19. The molecule has 0 spiro atoms. The molecule has 4 nitrogen and oxygen atoms in total. The first-order chi connectivity index (χ1) is 7.61. The van der Waals surface area contributed by atoms with Crippen molar-refractivity contribution < 1.29 is 9.18 Å². The lowest BCUT2D eigenvalue weighted by molar-refractivity contribution is 0.0949. The van der Waals surface area contributed by atoms with Crippen LogP contribution >= 0.6 is 0 Å². The number of amides is 1. The van der Waals surface area contributed by atoms with Crippen molar-refractivity contribution in [1.82, 2.24) is 15.6 Å². The second-order valence-electron chi connectivity index (χ2n) is 3.72. The number of rotatable bonds is 5. The summed E-state index contributed by atoms with van der Waals surface area (Å²) in [6.45, 7) is 5.17. The predicted octanol–water partition coefficient (Wildman–Crippen LogP) is 0.948. The molecule has 0 saturated heterocycles. The molecule has 0 bridgehead atoms. The van der Waals surface area contributed by atoms with Crippen molar-refractivity contribution in [2.24, 2.45) is 0 Å². The number of nitrogens with zero attached hydrogens (tertiary/aromatic N) is 1. The van der Waals surface area contributed by atoms with Crippen LogP contribution in [0.1, 0.15) is 24.2 Å². The molecule has 0 saturated carbocycles. The zero-order valence-corrected chi connectivity index (χ0v) is 9.46. The highest BCUT2D eigenvalue weighted by Gasteiger charge is 2.09. The van der Waals surface area contributed by atoms with Gasteiger partial charge in [0.2, 0.25) is 0 Å². The topological polar surface area (TPSA) is 54.0 Å². The molecule has 2 N–H and O–H groups in total. The van der Waals surface area contributed by atoms with E-state index in [0.29, 0.717) is 19.1 Å². The van der Waals surface area contributed by atoms with Gasteiger partial charge in [0.05, 0.1) is 11.8 Å². The van der Waals surface area contributed by atoms with Gasteiger partial charge >= 0.3 is 0 Å². The van der Waals surface area contributed by atoms with Gasteiger partial charge in [0.15, 0.2) is 5.82 Å². The number of carbonyl (C=O) groups excluding carboxylic acids is 1. The summed E-state index contributed by atoms with van der Waals surface area (Å²) in [7, 11) is 0. The van der Waals surface area contributed by atoms with Gasteiger partial charge in [-0.25, -0.2) is 4.39 Å². The Labute approximate surface area is 94.3 Å². The van der Waals surface area contributed by atoms with Crippen molar-refractivity contribution in [3.8, 4) is 0 Å². The summed E-state index contributed by atoms with van der Waals surface area (Å²) in [4.78, 5) is 15.1. The number of carbonyl (C=O) groups is 1. The van der Waals surface area contributed by atoms with Gasteiger partial charge in [0.1, 0.15) is 0 Å². The normalized spacial score (nSPS) is 10.5. The number of hydrogen-bond acceptors (Lipinski definition) is 3. The van der Waals surface area contributed by atoms with E-state index in [-0.39, 0.29) is 5.56 Å². The van der Waals surface area contributed by atoms with Crippen molar-refractivity contribution in [3.05, 3.63) is 29.8 Å². The molecule has 0 atom stereocenters. The summed E-state index contributed by atoms with van der Waals surface area (Å²) in [5.41, 5.74) is 0.0274. The van der Waals surface area contributed by atoms with E-state index in [1.807, 2.05) is 13.8 Å². The fourth-order valence-corrected chi connectivity index (χ4v) is 1.19. The van der Waals surface area contributed by atoms with Gasteiger partial charge in [0, 0.05) is 25.3 Å². The lowest BCUT2D eigenvalue weighted by Crippen LogP contribution is -2.34. The van der Waals surface area contributed by atoms with Crippen LogP contribution in [-0.4, -0.2) is 30.0 Å². The Morgan fingerprint density at radius 2 is 2.25 bits per heavy atom. The molecular weight excluding hydrogens is 209 g/mol. The molecular formula is C11H16FN3O. The quantitative estimate of drug-likeness (QED) is 0.733. The first-order valence-electron chi connectivity index (χ1n) is 5.22. The molecule has 0 unspecified atom stereocenters. The third-order valence-electron chi connectivity index (χ3n) is 1.98. The van der Waals surface area contributed by atoms with Gasteiger partial charge < -0.3 is 10.6 Å². The molecule has 1 aromatic rings. The van der Waals surface area contributed by atoms with Gasteiger partial charge in [-0.05, 0) is 6.07 Å². The third-order valence-corrected chi connectivity index (χ3v) is 1.98. The van der Waals surface area contributed by atoms with Crippen molar-refractivity contribution in [1.29, 1.82) is 0 Å². The van der Waals surface area contributed by atoms with E-state index in [9.17, 15) is 9.18 Å². The Bertz CT molecular complexity index is 355. The molecule has 0 aliphatic heterocycles. The molecule has 0 aromatic carbocycles. The van der Waals surface area contributed by atoms with Crippen LogP contribution in [0.25, 0.3) is 0 Å². The summed E-state index contributed by atoms with van der Waals surface area (Å²) in [5, 5.41) is 5.77. The lowest BCUT2D eigenvalue weighted by Gasteiger charge is -2.09. The minimum atomic E-state index is -0.600. The standard InChI is InChI=1S/C11H16FN3O/c1-8(2)14-5-6-15-11(16)9-3-4-13-7-10(9)12/h3-4,7-8,14H,5-6H2,1-2H3,(H,15,16). The SMILES string of the molecule is CC(C)NCCNC(=O)c1ccncc1F. The first kappa shape index (κ1) is 12.6. The van der Waals surface area contributed by atoms with Crippen LogP contribution in [0.2, 0.25) is 0 Å². The van der Waals surface area contributed by atoms with E-state index in [1.165, 1.54) is 12.3 Å². The summed E-state index contributed by atoms with van der Waals surface area (Å²) in [6.07, 6.45) is 2.42. The molecule has 88 valence electrons. The van der Waals surface area contributed by atoms with E-state index < -0.39 is 11.7 Å². The Hall–Kier alpha value is -1.49. The Morgan fingerprint density at radius 3 is 2.88 bits per heavy atom. The van der Waals surface area contributed by atoms with Crippen molar-refractivity contribution in [3.63, 3.8) is 0 Å². The molecule has 1 aromatic heterocycles. The van der Waals surface area contributed by atoms with Crippen molar-refractivity contribution in [2.45, 2.75) is 19.9 Å². The molecule has 1 amide bonds. The average Bonchev–Trinajstić information content (AvgIpc) is 2.24. The minimum absolute atomic E-state index is 0.0274. The van der Waals surface area contributed by atoms with Crippen LogP contribution in [-0.2, 0) is 0 Å². The van der Waals surface area contributed by atoms with E-state index >= 15 is 0 Å². The van der Waals surface area contributed by atoms with E-state index in [4.69, 9.17) is 0 Å². The summed E-state index contributed by atoms with van der Waals surface area (Å²) in [5.74, 6) is -1.01. The van der Waals surface area contributed by atoms with Crippen LogP contribution in [0.3, 0.4) is 0 Å². The van der Waals surface area contributed by atoms with E-state index in [0.717, 1.165) is 6.20 Å². The van der Waals surface area contributed by atoms with Gasteiger partial charge in [-0.3, -0.25) is 9.78 Å². The minimum Gasteiger partial charge on any atom is -0.351 e. The maximum absolute atomic E-state index is 13.1. The van der Waals surface area contributed by atoms with Crippen LogP contribution in [0.5, 0.6) is 0 Å². The van der Waals surface area contributed by atoms with Crippen molar-refractivity contribution >= 4 is 5.91 Å². The largest absolute Gasteiger partial charge is 0.351 e. The Kier molecular flexibility index (Phi) is 4.85. The second kappa shape index (κ2) is 6.17. The molecule has 0 aliphatic rings. The molecule has 1 heterocycles. The second-order valence-corrected chi connectivity index (χ2v) is 3.72. The molecule has 1 rings (SSSR count). The Morgan fingerprint density at radius 1 is 1.50 bits per heavy atom. The van der Waals surface area contributed by atoms with E-state index in [1.54, 1.807) is 0 Å². The van der Waals surface area contributed by atoms with Crippen LogP contribution in [0, 0.1) is 5.82 Å². The predicted molar refractivity (Wildman–Crippen MR) is 59.7 cm³/mol. The zero-order valence-electron chi connectivity index (χ0n) is 9.46. The highest BCUT2D eigenvalue weighted by atomic mass is 19.1. The molecule has 0 fully saturated rings. The number of halogens is 1. The summed E-state index contributed by atoms with van der Waals surface area (Å²) < 4.78 is 13.1. The summed E-state index contributed by atoms with van der Waals surface area (Å²) >= 11 is 0. The molecule has 0 aliphatic carbocycles. The monoisotopic (exact) mass is 225 g/mol. The highest BCUT2D eigenvalue weighted by Crippen LogP contribution is 2.03. The maximum atomic E-state index is 13.1. The number of hydrogen-bond donors (Lipinski definition) is 2. The van der Waals surface area contributed by atoms with Gasteiger partial charge in [-0.1, -0.05) is 13.8 Å². The van der Waals surface area contributed by atoms with Crippen LogP contribution in [0.4, 0.5) is 4.39 Å². The van der Waals surface area contributed by atoms with Gasteiger partial charge in [-0.15, -0.1) is 0 Å². The van der Waals surface area contributed by atoms with Crippen molar-refractivity contribution in [2.75, 3.05) is 13.1 Å². The number of nitrogens with one attached hydrogen (secondary N) is 2. The third kappa shape index (κ3) is 3.94. The maximum Gasteiger partial charge on any atom is 0.254 e. The number of pyridine rings is 1. The fraction of sp³-hybridized carbons (Fsp3) is 0.455. The highest BCUT2D eigenvalue weighted by molar-refractivity contribution is 5.94. The summed E-state index contributed by atoms with van der Waals surface area (Å²) in [6, 6.07) is 1.73. The van der Waals surface area contributed by atoms with Gasteiger partial charge in [-0.2, -0.15) is 0 Å². The molecule has 0 radical (unpaired) electrons. The average molecular weight is 225 g/mol. The van der Waals surface area contributed by atoms with Gasteiger partial charge in [0.25, 0.3) is 5.91 Å². The first-order valence-corrected chi connectivity index (χ1v) is 5.22. The van der Waals surface area contributed by atoms with E-state index in [2.05, 4.69) is 15.6 Å². The van der Waals surface area contributed by atoms with Crippen LogP contribution in [0.15, 0.2) is 18.5 Å². The number of aromatic nitrogens is 1. The van der Waals surface area contributed by atoms with Crippen LogP contribution < -0.4 is 10.6 Å². The zero-order chi connectivity index (χ0) is 12.0.